The Morgan fingerprint density at radius 2 is 2.47 bits per heavy atom. The molecule has 4 nitrogen and oxygen atoms in total. The van der Waals surface area contributed by atoms with Gasteiger partial charge in [0.25, 0.3) is 5.91 Å². The molecule has 0 aliphatic carbocycles. The minimum absolute atomic E-state index is 0.159. The average Bonchev–Trinajstić information content (AvgIpc) is 2.93. The van der Waals surface area contributed by atoms with Crippen molar-refractivity contribution in [3.05, 3.63) is 16.1 Å². The summed E-state index contributed by atoms with van der Waals surface area (Å²) in [5.74, 6) is 0.813. The molecule has 1 aromatic rings. The molecule has 0 aromatic carbocycles. The zero-order valence-electron chi connectivity index (χ0n) is 9.98. The predicted octanol–water partition coefficient (Wildman–Crippen LogP) is 1.28. The number of nitrogens with zero attached hydrogens (tertiary/aromatic N) is 2. The first-order valence-corrected chi connectivity index (χ1v) is 7.01. The van der Waals surface area contributed by atoms with E-state index >= 15 is 0 Å². The number of aromatic nitrogens is 1. The highest BCUT2D eigenvalue weighted by atomic mass is 32.1. The van der Waals surface area contributed by atoms with Crippen LogP contribution in [0.2, 0.25) is 0 Å². The molecule has 2 aliphatic rings. The van der Waals surface area contributed by atoms with E-state index < -0.39 is 0 Å². The molecule has 0 saturated carbocycles. The van der Waals surface area contributed by atoms with Crippen LogP contribution in [0.4, 0.5) is 0 Å². The molecule has 92 valence electrons. The van der Waals surface area contributed by atoms with Gasteiger partial charge in [-0.15, -0.1) is 11.3 Å². The van der Waals surface area contributed by atoms with Gasteiger partial charge in [-0.2, -0.15) is 0 Å². The van der Waals surface area contributed by atoms with E-state index in [4.69, 9.17) is 0 Å². The minimum atomic E-state index is 0.159. The molecule has 17 heavy (non-hydrogen) atoms. The Bertz CT molecular complexity index is 417. The third-order valence-corrected chi connectivity index (χ3v) is 4.62. The van der Waals surface area contributed by atoms with E-state index in [1.165, 1.54) is 24.2 Å². The van der Waals surface area contributed by atoms with Crippen molar-refractivity contribution in [3.63, 3.8) is 0 Å². The average molecular weight is 251 g/mol. The highest BCUT2D eigenvalue weighted by Crippen LogP contribution is 2.26. The van der Waals surface area contributed by atoms with Gasteiger partial charge in [0.2, 0.25) is 0 Å². The smallest absolute Gasteiger partial charge is 0.265 e. The SMILES string of the molecule is Cc1ncc(C(=O)N2CC3CCCNC3C2)s1. The predicted molar refractivity (Wildman–Crippen MR) is 67.3 cm³/mol. The van der Waals surface area contributed by atoms with Gasteiger partial charge in [0, 0.05) is 19.1 Å². The normalized spacial score (nSPS) is 28.2. The van der Waals surface area contributed by atoms with E-state index in [0.29, 0.717) is 12.0 Å². The zero-order chi connectivity index (χ0) is 11.8. The highest BCUT2D eigenvalue weighted by Gasteiger charge is 2.36. The summed E-state index contributed by atoms with van der Waals surface area (Å²) in [5, 5.41) is 4.48. The molecule has 1 aromatic heterocycles. The van der Waals surface area contributed by atoms with Gasteiger partial charge in [-0.05, 0) is 32.2 Å². The van der Waals surface area contributed by atoms with Crippen LogP contribution in [0, 0.1) is 12.8 Å². The molecule has 0 bridgehead atoms. The molecular weight excluding hydrogens is 234 g/mol. The minimum Gasteiger partial charge on any atom is -0.336 e. The van der Waals surface area contributed by atoms with Gasteiger partial charge in [-0.3, -0.25) is 4.79 Å². The topological polar surface area (TPSA) is 45.2 Å². The van der Waals surface area contributed by atoms with Crippen LogP contribution >= 0.6 is 11.3 Å². The van der Waals surface area contributed by atoms with Crippen molar-refractivity contribution < 1.29 is 4.79 Å². The first-order valence-electron chi connectivity index (χ1n) is 6.19. The number of carbonyl (C=O) groups is 1. The molecule has 2 saturated heterocycles. The number of thiazole rings is 1. The maximum Gasteiger partial charge on any atom is 0.265 e. The fourth-order valence-corrected chi connectivity index (χ4v) is 3.57. The second kappa shape index (κ2) is 4.38. The lowest BCUT2D eigenvalue weighted by Crippen LogP contribution is -2.41. The van der Waals surface area contributed by atoms with Crippen molar-refractivity contribution >= 4 is 17.2 Å². The molecule has 2 atom stereocenters. The van der Waals surface area contributed by atoms with Crippen LogP contribution in [-0.4, -0.2) is 41.5 Å². The van der Waals surface area contributed by atoms with Crippen LogP contribution in [0.1, 0.15) is 27.5 Å². The van der Waals surface area contributed by atoms with Crippen LogP contribution in [-0.2, 0) is 0 Å². The summed E-state index contributed by atoms with van der Waals surface area (Å²) in [6.45, 7) is 4.81. The number of nitrogens with one attached hydrogen (secondary N) is 1. The van der Waals surface area contributed by atoms with E-state index in [9.17, 15) is 4.79 Å². The van der Waals surface area contributed by atoms with Crippen LogP contribution in [0.15, 0.2) is 6.20 Å². The molecule has 1 N–H and O–H groups in total. The van der Waals surface area contributed by atoms with Gasteiger partial charge in [0.1, 0.15) is 4.88 Å². The van der Waals surface area contributed by atoms with Crippen molar-refractivity contribution in [2.75, 3.05) is 19.6 Å². The molecular formula is C12H17N3OS. The molecule has 1 amide bonds. The Kier molecular flexibility index (Phi) is 2.88. The first-order chi connectivity index (χ1) is 8.24. The number of amides is 1. The first kappa shape index (κ1) is 11.2. The summed E-state index contributed by atoms with van der Waals surface area (Å²) in [5.41, 5.74) is 0. The van der Waals surface area contributed by atoms with Crippen LogP contribution in [0.3, 0.4) is 0 Å². The Morgan fingerprint density at radius 1 is 1.59 bits per heavy atom. The molecule has 0 spiro atoms. The Labute approximate surface area is 105 Å². The Morgan fingerprint density at radius 3 is 3.18 bits per heavy atom. The summed E-state index contributed by atoms with van der Waals surface area (Å²) in [6, 6.07) is 0.515. The Hall–Kier alpha value is -0.940. The standard InChI is InChI=1S/C12H17N3OS/c1-8-14-5-11(17-8)12(16)15-6-9-3-2-4-13-10(9)7-15/h5,9-10,13H,2-4,6-7H2,1H3. The molecule has 5 heteroatoms. The van der Waals surface area contributed by atoms with Gasteiger partial charge < -0.3 is 10.2 Å². The van der Waals surface area contributed by atoms with Gasteiger partial charge in [0.05, 0.1) is 11.2 Å². The van der Waals surface area contributed by atoms with E-state index in [1.54, 1.807) is 6.20 Å². The highest BCUT2D eigenvalue weighted by molar-refractivity contribution is 7.13. The molecule has 3 heterocycles. The number of aryl methyl sites for hydroxylation is 1. The summed E-state index contributed by atoms with van der Waals surface area (Å²) in [4.78, 5) is 19.2. The fourth-order valence-electron chi connectivity index (χ4n) is 2.83. The van der Waals surface area contributed by atoms with Crippen molar-refractivity contribution in [1.82, 2.24) is 15.2 Å². The van der Waals surface area contributed by atoms with Crippen LogP contribution in [0.25, 0.3) is 0 Å². The number of hydrogen-bond acceptors (Lipinski definition) is 4. The molecule has 0 radical (unpaired) electrons. The quantitative estimate of drug-likeness (QED) is 0.817. The van der Waals surface area contributed by atoms with E-state index in [-0.39, 0.29) is 5.91 Å². The van der Waals surface area contributed by atoms with Crippen molar-refractivity contribution in [1.29, 1.82) is 0 Å². The van der Waals surface area contributed by atoms with Gasteiger partial charge in [-0.25, -0.2) is 4.98 Å². The maximum atomic E-state index is 12.3. The molecule has 2 aliphatic heterocycles. The number of carbonyl (C=O) groups excluding carboxylic acids is 1. The number of fused-ring (bicyclic) bond motifs is 1. The number of piperidine rings is 1. The number of rotatable bonds is 1. The molecule has 3 rings (SSSR count). The molecule has 2 fully saturated rings. The Balaban J connectivity index is 1.71. The second-order valence-corrected chi connectivity index (χ2v) is 6.15. The van der Waals surface area contributed by atoms with Crippen molar-refractivity contribution in [2.45, 2.75) is 25.8 Å². The monoisotopic (exact) mass is 251 g/mol. The maximum absolute atomic E-state index is 12.3. The van der Waals surface area contributed by atoms with Crippen LogP contribution < -0.4 is 5.32 Å². The lowest BCUT2D eigenvalue weighted by atomic mass is 9.94. The lowest BCUT2D eigenvalue weighted by Gasteiger charge is -2.24. The summed E-state index contributed by atoms with van der Waals surface area (Å²) < 4.78 is 0. The van der Waals surface area contributed by atoms with Gasteiger partial charge in [-0.1, -0.05) is 0 Å². The largest absolute Gasteiger partial charge is 0.336 e. The third kappa shape index (κ3) is 2.09. The van der Waals surface area contributed by atoms with E-state index in [2.05, 4.69) is 10.3 Å². The third-order valence-electron chi connectivity index (χ3n) is 3.72. The van der Waals surface area contributed by atoms with E-state index in [1.807, 2.05) is 11.8 Å². The summed E-state index contributed by atoms with van der Waals surface area (Å²) in [6.07, 6.45) is 4.20. The molecule has 2 unspecified atom stereocenters. The summed E-state index contributed by atoms with van der Waals surface area (Å²) in [7, 11) is 0. The lowest BCUT2D eigenvalue weighted by molar-refractivity contribution is 0.0790. The van der Waals surface area contributed by atoms with Gasteiger partial charge >= 0.3 is 0 Å². The van der Waals surface area contributed by atoms with Crippen molar-refractivity contribution in [3.8, 4) is 0 Å². The summed E-state index contributed by atoms with van der Waals surface area (Å²) >= 11 is 1.49. The zero-order valence-corrected chi connectivity index (χ0v) is 10.8. The number of likely N-dealkylation sites (tertiary alicyclic amines) is 1. The number of hydrogen-bond donors (Lipinski definition) is 1. The van der Waals surface area contributed by atoms with E-state index in [0.717, 1.165) is 29.5 Å². The van der Waals surface area contributed by atoms with Crippen LogP contribution in [0.5, 0.6) is 0 Å². The fraction of sp³-hybridized carbons (Fsp3) is 0.667. The second-order valence-electron chi connectivity index (χ2n) is 4.92. The van der Waals surface area contributed by atoms with Crippen molar-refractivity contribution in [2.24, 2.45) is 5.92 Å². The van der Waals surface area contributed by atoms with Gasteiger partial charge in [0.15, 0.2) is 0 Å².